The second-order valence-corrected chi connectivity index (χ2v) is 14.3. The molecule has 9 heteroatoms. The van der Waals surface area contributed by atoms with E-state index in [4.69, 9.17) is 11.6 Å². The Morgan fingerprint density at radius 2 is 1.61 bits per heavy atom. The van der Waals surface area contributed by atoms with Gasteiger partial charge in [0, 0.05) is 37.0 Å². The molecular formula is C35H44ClN3O4S. The van der Waals surface area contributed by atoms with Crippen LogP contribution in [-0.2, 0) is 32.6 Å². The number of amides is 2. The number of hydrogen-bond donors (Lipinski definition) is 1. The number of sulfonamides is 1. The van der Waals surface area contributed by atoms with Crippen molar-refractivity contribution in [2.75, 3.05) is 17.1 Å². The molecule has 2 amide bonds. The van der Waals surface area contributed by atoms with E-state index in [9.17, 15) is 18.0 Å². The van der Waals surface area contributed by atoms with Gasteiger partial charge in [-0.05, 0) is 73.6 Å². The number of benzene rings is 3. The van der Waals surface area contributed by atoms with Gasteiger partial charge in [0.2, 0.25) is 21.8 Å². The minimum atomic E-state index is -3.58. The Morgan fingerprint density at radius 3 is 2.27 bits per heavy atom. The Balaban J connectivity index is 1.60. The Morgan fingerprint density at radius 1 is 0.932 bits per heavy atom. The number of halogens is 1. The molecule has 236 valence electrons. The fourth-order valence-corrected chi connectivity index (χ4v) is 7.00. The van der Waals surface area contributed by atoms with Gasteiger partial charge in [-0.2, -0.15) is 0 Å². The van der Waals surface area contributed by atoms with Gasteiger partial charge in [0.25, 0.3) is 0 Å². The molecule has 1 saturated carbocycles. The third-order valence-electron chi connectivity index (χ3n) is 8.27. The summed E-state index contributed by atoms with van der Waals surface area (Å²) in [5.41, 5.74) is 4.24. The third-order valence-corrected chi connectivity index (χ3v) is 9.71. The van der Waals surface area contributed by atoms with Gasteiger partial charge in [0.05, 0.1) is 11.9 Å². The van der Waals surface area contributed by atoms with Gasteiger partial charge < -0.3 is 10.2 Å². The average molecular weight is 638 g/mol. The van der Waals surface area contributed by atoms with Gasteiger partial charge in [-0.1, -0.05) is 85.5 Å². The van der Waals surface area contributed by atoms with Crippen molar-refractivity contribution in [1.82, 2.24) is 10.2 Å². The fourth-order valence-electron chi connectivity index (χ4n) is 5.86. The maximum atomic E-state index is 14.1. The number of anilines is 1. The van der Waals surface area contributed by atoms with Crippen molar-refractivity contribution < 1.29 is 18.0 Å². The number of carbonyl (C=O) groups excluding carboxylic acids is 2. The SMILES string of the molecule is Cc1ccc(C)c(N(CCCC(=O)N(Cc2ccc(Cl)cc2)[C@H](Cc2ccccc2)C(=O)NC2CCCCC2)S(C)(=O)=O)c1. The zero-order valence-electron chi connectivity index (χ0n) is 26.0. The number of carbonyl (C=O) groups is 2. The van der Waals surface area contributed by atoms with E-state index in [0.717, 1.165) is 47.9 Å². The molecule has 3 aromatic rings. The van der Waals surface area contributed by atoms with Crippen molar-refractivity contribution in [3.05, 3.63) is 100 Å². The molecule has 1 aliphatic carbocycles. The molecule has 0 spiro atoms. The number of nitrogens with zero attached hydrogens (tertiary/aromatic N) is 2. The number of nitrogens with one attached hydrogen (secondary N) is 1. The normalized spacial score (nSPS) is 14.5. The first-order valence-corrected chi connectivity index (χ1v) is 17.7. The molecule has 0 radical (unpaired) electrons. The Labute approximate surface area is 267 Å². The Hall–Kier alpha value is -3.36. The molecule has 1 atom stereocenters. The highest BCUT2D eigenvalue weighted by Crippen LogP contribution is 2.25. The summed E-state index contributed by atoms with van der Waals surface area (Å²) in [5, 5.41) is 3.85. The van der Waals surface area contributed by atoms with E-state index in [-0.39, 0.29) is 37.4 Å². The maximum Gasteiger partial charge on any atom is 0.243 e. The lowest BCUT2D eigenvalue weighted by Gasteiger charge is -2.34. The van der Waals surface area contributed by atoms with Crippen molar-refractivity contribution in [3.8, 4) is 0 Å². The topological polar surface area (TPSA) is 86.8 Å². The van der Waals surface area contributed by atoms with Gasteiger partial charge in [-0.3, -0.25) is 13.9 Å². The van der Waals surface area contributed by atoms with Crippen LogP contribution in [0.5, 0.6) is 0 Å². The quantitative estimate of drug-likeness (QED) is 0.229. The molecule has 1 fully saturated rings. The van der Waals surface area contributed by atoms with Crippen molar-refractivity contribution in [3.63, 3.8) is 0 Å². The van der Waals surface area contributed by atoms with E-state index in [1.54, 1.807) is 17.0 Å². The molecule has 0 saturated heterocycles. The van der Waals surface area contributed by atoms with E-state index in [1.807, 2.05) is 74.5 Å². The van der Waals surface area contributed by atoms with Crippen molar-refractivity contribution in [1.29, 1.82) is 0 Å². The van der Waals surface area contributed by atoms with E-state index in [1.165, 1.54) is 17.0 Å². The van der Waals surface area contributed by atoms with Crippen LogP contribution in [0.3, 0.4) is 0 Å². The summed E-state index contributed by atoms with van der Waals surface area (Å²) in [5.74, 6) is -0.356. The zero-order chi connectivity index (χ0) is 31.7. The highest BCUT2D eigenvalue weighted by molar-refractivity contribution is 7.92. The first-order valence-electron chi connectivity index (χ1n) is 15.4. The van der Waals surface area contributed by atoms with Gasteiger partial charge >= 0.3 is 0 Å². The van der Waals surface area contributed by atoms with E-state index in [0.29, 0.717) is 23.6 Å². The van der Waals surface area contributed by atoms with Crippen LogP contribution in [-0.4, -0.2) is 50.0 Å². The maximum absolute atomic E-state index is 14.1. The number of aryl methyl sites for hydroxylation is 2. The first kappa shape index (κ1) is 33.5. The summed E-state index contributed by atoms with van der Waals surface area (Å²) in [7, 11) is -3.58. The third kappa shape index (κ3) is 9.57. The number of rotatable bonds is 13. The minimum absolute atomic E-state index is 0.0898. The molecule has 1 N–H and O–H groups in total. The van der Waals surface area contributed by atoms with Crippen LogP contribution in [0.15, 0.2) is 72.8 Å². The molecule has 7 nitrogen and oxygen atoms in total. The van der Waals surface area contributed by atoms with Crippen LogP contribution in [0.25, 0.3) is 0 Å². The average Bonchev–Trinajstić information content (AvgIpc) is 2.99. The van der Waals surface area contributed by atoms with E-state index >= 15 is 0 Å². The largest absolute Gasteiger partial charge is 0.352 e. The summed E-state index contributed by atoms with van der Waals surface area (Å²) in [6.07, 6.45) is 7.17. The molecule has 0 aromatic heterocycles. The molecule has 0 heterocycles. The lowest BCUT2D eigenvalue weighted by atomic mass is 9.94. The summed E-state index contributed by atoms with van der Waals surface area (Å²) in [6, 6.07) is 22.1. The van der Waals surface area contributed by atoms with Crippen LogP contribution in [0.4, 0.5) is 5.69 Å². The molecule has 3 aromatic carbocycles. The van der Waals surface area contributed by atoms with Gasteiger partial charge in [-0.15, -0.1) is 0 Å². The highest BCUT2D eigenvalue weighted by Gasteiger charge is 2.32. The van der Waals surface area contributed by atoms with Gasteiger partial charge in [0.1, 0.15) is 6.04 Å². The molecule has 0 bridgehead atoms. The Kier molecular flexibility index (Phi) is 11.9. The van der Waals surface area contributed by atoms with Crippen molar-refractivity contribution in [2.45, 2.75) is 83.8 Å². The van der Waals surface area contributed by atoms with Gasteiger partial charge in [0.15, 0.2) is 0 Å². The lowest BCUT2D eigenvalue weighted by molar-refractivity contribution is -0.141. The smallest absolute Gasteiger partial charge is 0.243 e. The summed E-state index contributed by atoms with van der Waals surface area (Å²) >= 11 is 6.15. The van der Waals surface area contributed by atoms with Crippen molar-refractivity contribution >= 4 is 39.1 Å². The lowest BCUT2D eigenvalue weighted by Crippen LogP contribution is -2.52. The molecule has 0 unspecified atom stereocenters. The predicted molar refractivity (Wildman–Crippen MR) is 178 cm³/mol. The minimum Gasteiger partial charge on any atom is -0.352 e. The molecule has 4 rings (SSSR count). The van der Waals surface area contributed by atoms with Crippen LogP contribution in [0.1, 0.15) is 67.2 Å². The van der Waals surface area contributed by atoms with Crippen LogP contribution in [0, 0.1) is 13.8 Å². The van der Waals surface area contributed by atoms with E-state index in [2.05, 4.69) is 5.32 Å². The number of hydrogen-bond acceptors (Lipinski definition) is 4. The molecule has 0 aliphatic heterocycles. The van der Waals surface area contributed by atoms with Gasteiger partial charge in [-0.25, -0.2) is 8.42 Å². The van der Waals surface area contributed by atoms with Crippen LogP contribution in [0.2, 0.25) is 5.02 Å². The second-order valence-electron chi connectivity index (χ2n) is 11.9. The molecule has 44 heavy (non-hydrogen) atoms. The summed E-state index contributed by atoms with van der Waals surface area (Å²) in [6.45, 7) is 4.19. The first-order chi connectivity index (χ1) is 21.0. The zero-order valence-corrected chi connectivity index (χ0v) is 27.5. The van der Waals surface area contributed by atoms with Crippen LogP contribution < -0.4 is 9.62 Å². The second kappa shape index (κ2) is 15.6. The molecule has 1 aliphatic rings. The fraction of sp³-hybridized carbons (Fsp3) is 0.429. The van der Waals surface area contributed by atoms with Crippen molar-refractivity contribution in [2.24, 2.45) is 0 Å². The Bertz CT molecular complexity index is 1510. The monoisotopic (exact) mass is 637 g/mol. The molecular weight excluding hydrogens is 594 g/mol. The standard InChI is InChI=1S/C35H44ClN3O4S/c1-26-16-17-27(2)32(23-26)39(44(3,42)43)22-10-15-34(40)38(25-29-18-20-30(36)21-19-29)33(24-28-11-6-4-7-12-28)35(41)37-31-13-8-5-9-14-31/h4,6-7,11-12,16-21,23,31,33H,5,8-10,13-15,22,24-25H2,1-3H3,(H,37,41)/t33-/m1/s1. The van der Waals surface area contributed by atoms with Crippen LogP contribution >= 0.6 is 11.6 Å². The summed E-state index contributed by atoms with van der Waals surface area (Å²) in [4.78, 5) is 29.7. The summed E-state index contributed by atoms with van der Waals surface area (Å²) < 4.78 is 27.0. The predicted octanol–water partition coefficient (Wildman–Crippen LogP) is 6.59. The highest BCUT2D eigenvalue weighted by atomic mass is 35.5. The van der Waals surface area contributed by atoms with E-state index < -0.39 is 16.1 Å².